The first-order valence-corrected chi connectivity index (χ1v) is 9.97. The Morgan fingerprint density at radius 3 is 2.52 bits per heavy atom. The highest BCUT2D eigenvalue weighted by atomic mass is 32.2. The summed E-state index contributed by atoms with van der Waals surface area (Å²) in [5.74, 6) is 0.594. The summed E-state index contributed by atoms with van der Waals surface area (Å²) in [5, 5.41) is 3.25. The first-order valence-electron chi connectivity index (χ1n) is 7.67. The summed E-state index contributed by atoms with van der Waals surface area (Å²) in [6.07, 6.45) is 2.77. The average Bonchev–Trinajstić information content (AvgIpc) is 2.86. The number of sulfonamides is 1. The summed E-state index contributed by atoms with van der Waals surface area (Å²) in [4.78, 5) is 1.10. The van der Waals surface area contributed by atoms with Gasteiger partial charge in [0, 0.05) is 10.9 Å². The molecule has 1 atom stereocenters. The van der Waals surface area contributed by atoms with E-state index in [9.17, 15) is 8.42 Å². The van der Waals surface area contributed by atoms with Gasteiger partial charge in [-0.05, 0) is 57.3 Å². The fraction of sp³-hybridized carbons (Fsp3) is 0.733. The average molecular weight is 333 g/mol. The molecule has 0 aliphatic rings. The summed E-state index contributed by atoms with van der Waals surface area (Å²) in [7, 11) is -3.37. The number of hydrogen-bond acceptors (Lipinski definition) is 4. The minimum absolute atomic E-state index is 0.0234. The predicted octanol–water partition coefficient (Wildman–Crippen LogP) is 3.00. The Hall–Kier alpha value is -0.430. The van der Waals surface area contributed by atoms with Crippen molar-refractivity contribution in [3.8, 4) is 0 Å². The molecule has 4 nitrogen and oxygen atoms in total. The van der Waals surface area contributed by atoms with Crippen LogP contribution in [0.1, 0.15) is 45.4 Å². The van der Waals surface area contributed by atoms with Crippen LogP contribution in [0.4, 0.5) is 0 Å². The molecule has 0 radical (unpaired) electrons. The Bertz CT molecular complexity index is 509. The molecule has 6 heteroatoms. The van der Waals surface area contributed by atoms with E-state index in [0.717, 1.165) is 37.2 Å². The van der Waals surface area contributed by atoms with E-state index < -0.39 is 10.0 Å². The molecule has 0 bridgehead atoms. The van der Waals surface area contributed by atoms with Crippen LogP contribution in [0.3, 0.4) is 0 Å². The number of thiophene rings is 1. The van der Waals surface area contributed by atoms with E-state index in [-0.39, 0.29) is 6.04 Å². The molecule has 0 fully saturated rings. The number of nitrogens with one attached hydrogen (secondary N) is 2. The van der Waals surface area contributed by atoms with Gasteiger partial charge in [0.1, 0.15) is 4.21 Å². The van der Waals surface area contributed by atoms with Crippen LogP contribution in [-0.2, 0) is 16.4 Å². The van der Waals surface area contributed by atoms with Crippen molar-refractivity contribution in [2.45, 2.75) is 57.2 Å². The van der Waals surface area contributed by atoms with Gasteiger partial charge in [-0.2, -0.15) is 0 Å². The van der Waals surface area contributed by atoms with E-state index in [0.29, 0.717) is 10.1 Å². The van der Waals surface area contributed by atoms with Crippen molar-refractivity contribution >= 4 is 21.4 Å². The monoisotopic (exact) mass is 332 g/mol. The molecule has 0 amide bonds. The van der Waals surface area contributed by atoms with Crippen molar-refractivity contribution in [3.05, 3.63) is 17.0 Å². The molecular formula is C15H28N2O2S2. The highest BCUT2D eigenvalue weighted by Crippen LogP contribution is 2.22. The summed E-state index contributed by atoms with van der Waals surface area (Å²) in [6.45, 7) is 10.1. The van der Waals surface area contributed by atoms with Gasteiger partial charge in [-0.3, -0.25) is 0 Å². The summed E-state index contributed by atoms with van der Waals surface area (Å²) in [5.41, 5.74) is 0. The van der Waals surface area contributed by atoms with E-state index in [4.69, 9.17) is 0 Å². The first-order chi connectivity index (χ1) is 9.85. The fourth-order valence-corrected chi connectivity index (χ4v) is 4.64. The lowest BCUT2D eigenvalue weighted by Gasteiger charge is -2.14. The molecule has 2 N–H and O–H groups in total. The Kier molecular flexibility index (Phi) is 7.87. The van der Waals surface area contributed by atoms with E-state index in [1.54, 1.807) is 6.07 Å². The quantitative estimate of drug-likeness (QED) is 0.648. The van der Waals surface area contributed by atoms with Crippen molar-refractivity contribution < 1.29 is 8.42 Å². The molecular weight excluding hydrogens is 304 g/mol. The second-order valence-electron chi connectivity index (χ2n) is 5.82. The topological polar surface area (TPSA) is 58.2 Å². The Morgan fingerprint density at radius 1 is 1.19 bits per heavy atom. The molecule has 21 heavy (non-hydrogen) atoms. The molecule has 0 saturated carbocycles. The van der Waals surface area contributed by atoms with Crippen molar-refractivity contribution in [3.63, 3.8) is 0 Å². The molecule has 1 aromatic rings. The zero-order valence-electron chi connectivity index (χ0n) is 13.5. The van der Waals surface area contributed by atoms with Gasteiger partial charge in [-0.1, -0.05) is 20.8 Å². The van der Waals surface area contributed by atoms with E-state index >= 15 is 0 Å². The second kappa shape index (κ2) is 8.88. The lowest BCUT2D eigenvalue weighted by molar-refractivity contribution is 0.486. The lowest BCUT2D eigenvalue weighted by Crippen LogP contribution is -2.32. The molecule has 0 aromatic carbocycles. The molecule has 1 unspecified atom stereocenters. The van der Waals surface area contributed by atoms with Crippen molar-refractivity contribution in [2.75, 3.05) is 13.1 Å². The van der Waals surface area contributed by atoms with Crippen LogP contribution in [-0.4, -0.2) is 27.5 Å². The summed E-state index contributed by atoms with van der Waals surface area (Å²) >= 11 is 1.37. The summed E-state index contributed by atoms with van der Waals surface area (Å²) in [6, 6.07) is 3.60. The Balaban J connectivity index is 2.57. The number of rotatable bonds is 10. The smallest absolute Gasteiger partial charge is 0.250 e. The van der Waals surface area contributed by atoms with Crippen molar-refractivity contribution in [2.24, 2.45) is 5.92 Å². The SMILES string of the molecule is CCNCCc1ccc(S(=O)(=O)NC(C)CCC(C)C)s1. The van der Waals surface area contributed by atoms with E-state index in [2.05, 4.69) is 30.8 Å². The van der Waals surface area contributed by atoms with Gasteiger partial charge in [0.15, 0.2) is 0 Å². The zero-order valence-corrected chi connectivity index (χ0v) is 15.1. The maximum atomic E-state index is 12.3. The van der Waals surface area contributed by atoms with E-state index in [1.165, 1.54) is 11.3 Å². The van der Waals surface area contributed by atoms with Crippen LogP contribution in [0.5, 0.6) is 0 Å². The van der Waals surface area contributed by atoms with Gasteiger partial charge in [-0.15, -0.1) is 11.3 Å². The molecule has 122 valence electrons. The minimum Gasteiger partial charge on any atom is -0.317 e. The molecule has 0 spiro atoms. The molecule has 0 aliphatic carbocycles. The maximum absolute atomic E-state index is 12.3. The second-order valence-corrected chi connectivity index (χ2v) is 8.93. The third-order valence-corrected chi connectivity index (χ3v) is 6.46. The lowest BCUT2D eigenvalue weighted by atomic mass is 10.1. The Morgan fingerprint density at radius 2 is 1.90 bits per heavy atom. The van der Waals surface area contributed by atoms with Gasteiger partial charge < -0.3 is 5.32 Å². The van der Waals surface area contributed by atoms with Crippen LogP contribution in [0.2, 0.25) is 0 Å². The van der Waals surface area contributed by atoms with Crippen LogP contribution < -0.4 is 10.0 Å². The van der Waals surface area contributed by atoms with Gasteiger partial charge in [-0.25, -0.2) is 13.1 Å². The van der Waals surface area contributed by atoms with Crippen LogP contribution >= 0.6 is 11.3 Å². The standard InChI is InChI=1S/C15H28N2O2S2/c1-5-16-11-10-14-8-9-15(20-14)21(18,19)17-13(4)7-6-12(2)3/h8-9,12-13,16-17H,5-7,10-11H2,1-4H3. The predicted molar refractivity (Wildman–Crippen MR) is 90.4 cm³/mol. The number of likely N-dealkylation sites (N-methyl/N-ethyl adjacent to an activating group) is 1. The third-order valence-electron chi connectivity index (χ3n) is 3.23. The minimum atomic E-state index is -3.37. The normalized spacial score (nSPS) is 13.8. The number of hydrogen-bond donors (Lipinski definition) is 2. The highest BCUT2D eigenvalue weighted by Gasteiger charge is 2.19. The van der Waals surface area contributed by atoms with Crippen LogP contribution in [0, 0.1) is 5.92 Å². The van der Waals surface area contributed by atoms with Crippen LogP contribution in [0.25, 0.3) is 0 Å². The Labute approximate surface area is 133 Å². The zero-order chi connectivity index (χ0) is 15.9. The maximum Gasteiger partial charge on any atom is 0.250 e. The van der Waals surface area contributed by atoms with Gasteiger partial charge in [0.2, 0.25) is 10.0 Å². The molecule has 0 aliphatic heterocycles. The summed E-state index contributed by atoms with van der Waals surface area (Å²) < 4.78 is 27.8. The third kappa shape index (κ3) is 6.91. The molecule has 1 rings (SSSR count). The van der Waals surface area contributed by atoms with Gasteiger partial charge >= 0.3 is 0 Å². The molecule has 1 heterocycles. The van der Waals surface area contributed by atoms with Crippen molar-refractivity contribution in [1.29, 1.82) is 0 Å². The van der Waals surface area contributed by atoms with Crippen molar-refractivity contribution in [1.82, 2.24) is 10.0 Å². The molecule has 1 aromatic heterocycles. The van der Waals surface area contributed by atoms with E-state index in [1.807, 2.05) is 13.0 Å². The molecule has 0 saturated heterocycles. The van der Waals surface area contributed by atoms with Crippen LogP contribution in [0.15, 0.2) is 16.3 Å². The van der Waals surface area contributed by atoms with Gasteiger partial charge in [0.05, 0.1) is 0 Å². The largest absolute Gasteiger partial charge is 0.317 e. The van der Waals surface area contributed by atoms with Gasteiger partial charge in [0.25, 0.3) is 0 Å². The first kappa shape index (κ1) is 18.6. The highest BCUT2D eigenvalue weighted by molar-refractivity contribution is 7.91. The fourth-order valence-electron chi connectivity index (χ4n) is 1.99.